The molecule has 0 saturated heterocycles. The Morgan fingerprint density at radius 2 is 2.00 bits per heavy atom. The highest BCUT2D eigenvalue weighted by atomic mass is 32.1. The number of rotatable bonds is 6. The van der Waals surface area contributed by atoms with Crippen LogP contribution in [0.1, 0.15) is 22.9 Å². The number of carbonyl (C=O) groups excluding carboxylic acids is 1. The molecule has 1 aromatic heterocycles. The molecule has 4 heteroatoms. The lowest BCUT2D eigenvalue weighted by molar-refractivity contribution is -0.121. The Morgan fingerprint density at radius 1 is 1.21 bits per heavy atom. The molecule has 1 unspecified atom stereocenters. The largest absolute Gasteiger partial charge is 0.354 e. The molecule has 100 valence electrons. The van der Waals surface area contributed by atoms with Crippen LogP contribution in [0, 0.1) is 0 Å². The molecule has 19 heavy (non-hydrogen) atoms. The lowest BCUT2D eigenvalue weighted by atomic mass is 10.1. The van der Waals surface area contributed by atoms with Crippen molar-refractivity contribution in [3.05, 3.63) is 58.3 Å². The Bertz CT molecular complexity index is 496. The third-order valence-corrected chi connectivity index (χ3v) is 3.86. The Kier molecular flexibility index (Phi) is 5.12. The number of aryl methyl sites for hydroxylation is 1. The molecular weight excluding hydrogens is 256 g/mol. The van der Waals surface area contributed by atoms with E-state index < -0.39 is 0 Å². The molecule has 0 aliphatic heterocycles. The van der Waals surface area contributed by atoms with Crippen LogP contribution in [-0.4, -0.2) is 12.5 Å². The number of benzene rings is 1. The van der Waals surface area contributed by atoms with Gasteiger partial charge in [-0.15, -0.1) is 11.3 Å². The second-order valence-electron chi connectivity index (χ2n) is 4.40. The van der Waals surface area contributed by atoms with Crippen molar-refractivity contribution in [1.29, 1.82) is 0 Å². The third-order valence-electron chi connectivity index (χ3n) is 2.93. The van der Waals surface area contributed by atoms with Crippen molar-refractivity contribution in [2.45, 2.75) is 18.9 Å². The van der Waals surface area contributed by atoms with Gasteiger partial charge in [-0.1, -0.05) is 36.4 Å². The zero-order valence-corrected chi connectivity index (χ0v) is 11.5. The summed E-state index contributed by atoms with van der Waals surface area (Å²) in [6.07, 6.45) is 1.31. The lowest BCUT2D eigenvalue weighted by Crippen LogP contribution is -2.31. The van der Waals surface area contributed by atoms with Gasteiger partial charge in [0.2, 0.25) is 5.91 Å². The number of amides is 1. The van der Waals surface area contributed by atoms with Crippen molar-refractivity contribution in [3.63, 3.8) is 0 Å². The summed E-state index contributed by atoms with van der Waals surface area (Å²) < 4.78 is 0. The third kappa shape index (κ3) is 4.50. The summed E-state index contributed by atoms with van der Waals surface area (Å²) in [7, 11) is 0. The summed E-state index contributed by atoms with van der Waals surface area (Å²) in [5.41, 5.74) is 7.06. The predicted molar refractivity (Wildman–Crippen MR) is 79.0 cm³/mol. The van der Waals surface area contributed by atoms with Gasteiger partial charge in [0.15, 0.2) is 0 Å². The first kappa shape index (κ1) is 13.8. The summed E-state index contributed by atoms with van der Waals surface area (Å²) in [4.78, 5) is 13.0. The first-order valence-corrected chi connectivity index (χ1v) is 7.23. The molecule has 1 heterocycles. The number of carbonyl (C=O) groups is 1. The van der Waals surface area contributed by atoms with Crippen molar-refractivity contribution >= 4 is 17.2 Å². The van der Waals surface area contributed by atoms with Gasteiger partial charge in [-0.25, -0.2) is 0 Å². The maximum absolute atomic E-state index is 11.7. The highest BCUT2D eigenvalue weighted by Crippen LogP contribution is 2.11. The Hall–Kier alpha value is -1.65. The molecule has 1 atom stereocenters. The molecule has 0 aliphatic rings. The van der Waals surface area contributed by atoms with Gasteiger partial charge in [0.25, 0.3) is 0 Å². The summed E-state index contributed by atoms with van der Waals surface area (Å²) in [5, 5.41) is 4.91. The fraction of sp³-hybridized carbons (Fsp3) is 0.267. The number of nitrogens with two attached hydrogens (primary N) is 1. The molecule has 0 bridgehead atoms. The van der Waals surface area contributed by atoms with Crippen LogP contribution in [-0.2, 0) is 11.2 Å². The van der Waals surface area contributed by atoms with Crippen LogP contribution in [0.5, 0.6) is 0 Å². The van der Waals surface area contributed by atoms with E-state index in [4.69, 9.17) is 5.73 Å². The fourth-order valence-corrected chi connectivity index (χ4v) is 2.53. The number of hydrogen-bond donors (Lipinski definition) is 2. The molecular formula is C15H18N2OS. The standard InChI is InChI=1S/C15H18N2OS/c16-14(12-5-2-1-3-6-12)11-17-15(18)9-8-13-7-4-10-19-13/h1-7,10,14H,8-9,11,16H2,(H,17,18). The van der Waals surface area contributed by atoms with E-state index in [1.54, 1.807) is 11.3 Å². The highest BCUT2D eigenvalue weighted by Gasteiger charge is 2.08. The minimum absolute atomic E-state index is 0.0554. The molecule has 3 nitrogen and oxygen atoms in total. The summed E-state index contributed by atoms with van der Waals surface area (Å²) >= 11 is 1.68. The number of thiophene rings is 1. The van der Waals surface area contributed by atoms with Gasteiger partial charge in [-0.2, -0.15) is 0 Å². The van der Waals surface area contributed by atoms with Crippen LogP contribution in [0.4, 0.5) is 0 Å². The average Bonchev–Trinajstić information content (AvgIpc) is 2.96. The molecule has 0 spiro atoms. The maximum Gasteiger partial charge on any atom is 0.220 e. The van der Waals surface area contributed by atoms with Gasteiger partial charge in [0.1, 0.15) is 0 Å². The van der Waals surface area contributed by atoms with Crippen molar-refractivity contribution in [1.82, 2.24) is 5.32 Å². The van der Waals surface area contributed by atoms with E-state index in [1.807, 2.05) is 47.8 Å². The van der Waals surface area contributed by atoms with Gasteiger partial charge in [-0.05, 0) is 23.4 Å². The van der Waals surface area contributed by atoms with Crippen LogP contribution < -0.4 is 11.1 Å². The Labute approximate surface area is 117 Å². The van der Waals surface area contributed by atoms with Gasteiger partial charge < -0.3 is 11.1 Å². The SMILES string of the molecule is NC(CNC(=O)CCc1cccs1)c1ccccc1. The molecule has 2 aromatic rings. The molecule has 0 fully saturated rings. The van der Waals surface area contributed by atoms with Crippen LogP contribution in [0.15, 0.2) is 47.8 Å². The molecule has 0 saturated carbocycles. The van der Waals surface area contributed by atoms with Gasteiger partial charge in [0.05, 0.1) is 0 Å². The van der Waals surface area contributed by atoms with E-state index in [0.717, 1.165) is 12.0 Å². The van der Waals surface area contributed by atoms with Crippen LogP contribution in [0.2, 0.25) is 0 Å². The lowest BCUT2D eigenvalue weighted by Gasteiger charge is -2.13. The van der Waals surface area contributed by atoms with Crippen molar-refractivity contribution < 1.29 is 4.79 Å². The second kappa shape index (κ2) is 7.07. The first-order valence-electron chi connectivity index (χ1n) is 6.35. The first-order chi connectivity index (χ1) is 9.25. The van der Waals surface area contributed by atoms with Crippen LogP contribution >= 0.6 is 11.3 Å². The normalized spacial score (nSPS) is 12.1. The highest BCUT2D eigenvalue weighted by molar-refractivity contribution is 7.09. The topological polar surface area (TPSA) is 55.1 Å². The van der Waals surface area contributed by atoms with E-state index in [1.165, 1.54) is 4.88 Å². The molecule has 3 N–H and O–H groups in total. The minimum Gasteiger partial charge on any atom is -0.354 e. The molecule has 1 aromatic carbocycles. The smallest absolute Gasteiger partial charge is 0.220 e. The van der Waals surface area contributed by atoms with E-state index in [2.05, 4.69) is 5.32 Å². The predicted octanol–water partition coefficient (Wildman–Crippen LogP) is 2.50. The zero-order valence-electron chi connectivity index (χ0n) is 10.7. The minimum atomic E-state index is -0.146. The Balaban J connectivity index is 1.71. The fourth-order valence-electron chi connectivity index (χ4n) is 1.82. The van der Waals surface area contributed by atoms with Gasteiger partial charge >= 0.3 is 0 Å². The van der Waals surface area contributed by atoms with E-state index >= 15 is 0 Å². The number of nitrogens with one attached hydrogen (secondary N) is 1. The van der Waals surface area contributed by atoms with Gasteiger partial charge in [0, 0.05) is 23.9 Å². The van der Waals surface area contributed by atoms with Gasteiger partial charge in [-0.3, -0.25) is 4.79 Å². The molecule has 0 radical (unpaired) electrons. The van der Waals surface area contributed by atoms with Crippen molar-refractivity contribution in [3.8, 4) is 0 Å². The second-order valence-corrected chi connectivity index (χ2v) is 5.43. The molecule has 2 rings (SSSR count). The van der Waals surface area contributed by atoms with Crippen LogP contribution in [0.25, 0.3) is 0 Å². The average molecular weight is 274 g/mol. The van der Waals surface area contributed by atoms with E-state index in [0.29, 0.717) is 13.0 Å². The zero-order chi connectivity index (χ0) is 13.5. The summed E-state index contributed by atoms with van der Waals surface area (Å²) in [6, 6.07) is 13.7. The molecule has 0 aliphatic carbocycles. The summed E-state index contributed by atoms with van der Waals surface area (Å²) in [6.45, 7) is 0.479. The summed E-state index contributed by atoms with van der Waals surface area (Å²) in [5.74, 6) is 0.0554. The van der Waals surface area contributed by atoms with Crippen molar-refractivity contribution in [2.24, 2.45) is 5.73 Å². The van der Waals surface area contributed by atoms with Crippen molar-refractivity contribution in [2.75, 3.05) is 6.54 Å². The monoisotopic (exact) mass is 274 g/mol. The quantitative estimate of drug-likeness (QED) is 0.850. The number of hydrogen-bond acceptors (Lipinski definition) is 3. The van der Waals surface area contributed by atoms with E-state index in [9.17, 15) is 4.79 Å². The Morgan fingerprint density at radius 3 is 2.68 bits per heavy atom. The van der Waals surface area contributed by atoms with Crippen LogP contribution in [0.3, 0.4) is 0 Å². The molecule has 1 amide bonds. The maximum atomic E-state index is 11.7. The van der Waals surface area contributed by atoms with E-state index in [-0.39, 0.29) is 11.9 Å².